The molecule has 20 heavy (non-hydrogen) atoms. The van der Waals surface area contributed by atoms with E-state index in [2.05, 4.69) is 42.4 Å². The van der Waals surface area contributed by atoms with Gasteiger partial charge in [-0.3, -0.25) is 4.98 Å². The summed E-state index contributed by atoms with van der Waals surface area (Å²) in [4.78, 5) is 7.19. The van der Waals surface area contributed by atoms with Crippen molar-refractivity contribution >= 4 is 0 Å². The topological polar surface area (TPSA) is 28.2 Å². The third-order valence-corrected chi connectivity index (χ3v) is 4.07. The molecule has 0 amide bonds. The van der Waals surface area contributed by atoms with Gasteiger partial charge in [0.05, 0.1) is 11.4 Å². The van der Waals surface area contributed by atoms with Crippen LogP contribution in [-0.2, 0) is 13.1 Å². The lowest BCUT2D eigenvalue weighted by Crippen LogP contribution is -2.25. The highest BCUT2D eigenvalue weighted by atomic mass is 15.1. The van der Waals surface area contributed by atoms with Gasteiger partial charge in [0.1, 0.15) is 0 Å². The van der Waals surface area contributed by atoms with Crippen molar-refractivity contribution in [2.24, 2.45) is 5.92 Å². The van der Waals surface area contributed by atoms with Crippen molar-refractivity contribution in [1.29, 1.82) is 0 Å². The molecule has 0 saturated heterocycles. The fourth-order valence-corrected chi connectivity index (χ4v) is 3.08. The molecule has 0 spiro atoms. The first kappa shape index (κ1) is 15.5. The molecule has 1 saturated carbocycles. The molecule has 2 rings (SSSR count). The lowest BCUT2D eigenvalue weighted by Gasteiger charge is -2.20. The Morgan fingerprint density at radius 1 is 1.25 bits per heavy atom. The predicted octanol–water partition coefficient (Wildman–Crippen LogP) is 3.20. The van der Waals surface area contributed by atoms with Crippen molar-refractivity contribution in [3.63, 3.8) is 0 Å². The maximum absolute atomic E-state index is 4.75. The molecule has 0 aliphatic heterocycles. The average molecular weight is 275 g/mol. The zero-order valence-electron chi connectivity index (χ0n) is 13.1. The number of hydrogen-bond acceptors (Lipinski definition) is 3. The Bertz CT molecular complexity index is 386. The molecule has 0 bridgehead atoms. The van der Waals surface area contributed by atoms with E-state index >= 15 is 0 Å². The van der Waals surface area contributed by atoms with Crippen molar-refractivity contribution in [2.75, 3.05) is 20.1 Å². The maximum atomic E-state index is 4.75. The predicted molar refractivity (Wildman–Crippen MR) is 84.5 cm³/mol. The van der Waals surface area contributed by atoms with Gasteiger partial charge in [0.2, 0.25) is 0 Å². The molecule has 0 atom stereocenters. The van der Waals surface area contributed by atoms with Gasteiger partial charge in [-0.2, -0.15) is 0 Å². The summed E-state index contributed by atoms with van der Waals surface area (Å²) in [5, 5.41) is 3.41. The van der Waals surface area contributed by atoms with Gasteiger partial charge in [0.15, 0.2) is 0 Å². The third-order valence-electron chi connectivity index (χ3n) is 4.07. The van der Waals surface area contributed by atoms with Crippen LogP contribution in [0.15, 0.2) is 18.2 Å². The second kappa shape index (κ2) is 8.38. The van der Waals surface area contributed by atoms with Gasteiger partial charge >= 0.3 is 0 Å². The number of nitrogens with zero attached hydrogens (tertiary/aromatic N) is 2. The molecule has 1 heterocycles. The van der Waals surface area contributed by atoms with E-state index in [9.17, 15) is 0 Å². The fraction of sp³-hybridized carbons (Fsp3) is 0.706. The maximum Gasteiger partial charge on any atom is 0.0547 e. The Labute approximate surface area is 123 Å². The highest BCUT2D eigenvalue weighted by molar-refractivity contribution is 5.11. The third kappa shape index (κ3) is 5.22. The second-order valence-electron chi connectivity index (χ2n) is 6.14. The first-order valence-electron chi connectivity index (χ1n) is 8.12. The molecular formula is C17H29N3. The lowest BCUT2D eigenvalue weighted by atomic mass is 10.1. The van der Waals surface area contributed by atoms with Gasteiger partial charge in [-0.15, -0.1) is 0 Å². The van der Waals surface area contributed by atoms with E-state index in [1.54, 1.807) is 0 Å². The normalized spacial score (nSPS) is 16.1. The Balaban J connectivity index is 1.80. The molecule has 1 aromatic rings. The summed E-state index contributed by atoms with van der Waals surface area (Å²) in [6.45, 7) is 6.33. The first-order valence-corrected chi connectivity index (χ1v) is 8.12. The number of hydrogen-bond donors (Lipinski definition) is 1. The van der Waals surface area contributed by atoms with Gasteiger partial charge in [0, 0.05) is 19.6 Å². The first-order chi connectivity index (χ1) is 9.78. The molecule has 0 aromatic carbocycles. The summed E-state index contributed by atoms with van der Waals surface area (Å²) in [7, 11) is 2.22. The monoisotopic (exact) mass is 275 g/mol. The van der Waals surface area contributed by atoms with E-state index < -0.39 is 0 Å². The summed E-state index contributed by atoms with van der Waals surface area (Å²) >= 11 is 0. The van der Waals surface area contributed by atoms with E-state index in [-0.39, 0.29) is 0 Å². The largest absolute Gasteiger partial charge is 0.311 e. The van der Waals surface area contributed by atoms with Gasteiger partial charge in [-0.25, -0.2) is 0 Å². The fourth-order valence-electron chi connectivity index (χ4n) is 3.08. The molecule has 0 radical (unpaired) electrons. The van der Waals surface area contributed by atoms with E-state index in [0.717, 1.165) is 31.2 Å². The van der Waals surface area contributed by atoms with Crippen molar-refractivity contribution in [3.05, 3.63) is 29.6 Å². The molecule has 112 valence electrons. The summed E-state index contributed by atoms with van der Waals surface area (Å²) in [5.41, 5.74) is 2.35. The highest BCUT2D eigenvalue weighted by Crippen LogP contribution is 2.25. The van der Waals surface area contributed by atoms with Crippen LogP contribution in [0.3, 0.4) is 0 Å². The number of pyridine rings is 1. The Morgan fingerprint density at radius 2 is 2.00 bits per heavy atom. The molecule has 0 unspecified atom stereocenters. The SMILES string of the molecule is CCCNCc1cccc(CN(C)CC2CCCC2)n1. The van der Waals surface area contributed by atoms with Gasteiger partial charge in [-0.1, -0.05) is 25.8 Å². The number of rotatable bonds is 8. The van der Waals surface area contributed by atoms with Crippen molar-refractivity contribution in [2.45, 2.75) is 52.1 Å². The van der Waals surface area contributed by atoms with Crippen molar-refractivity contribution in [3.8, 4) is 0 Å². The van der Waals surface area contributed by atoms with Crippen LogP contribution in [0.1, 0.15) is 50.4 Å². The van der Waals surface area contributed by atoms with Crippen molar-refractivity contribution in [1.82, 2.24) is 15.2 Å². The van der Waals surface area contributed by atoms with E-state index in [0.29, 0.717) is 0 Å². The minimum absolute atomic E-state index is 0.883. The lowest BCUT2D eigenvalue weighted by molar-refractivity contribution is 0.268. The Hall–Kier alpha value is -0.930. The molecule has 3 heteroatoms. The van der Waals surface area contributed by atoms with Gasteiger partial charge in [0.25, 0.3) is 0 Å². The molecule has 1 aromatic heterocycles. The van der Waals surface area contributed by atoms with Crippen LogP contribution in [0.2, 0.25) is 0 Å². The van der Waals surface area contributed by atoms with Crippen molar-refractivity contribution < 1.29 is 0 Å². The molecular weight excluding hydrogens is 246 g/mol. The molecule has 1 aliphatic rings. The van der Waals surface area contributed by atoms with E-state index in [4.69, 9.17) is 4.98 Å². The Kier molecular flexibility index (Phi) is 6.48. The van der Waals surface area contributed by atoms with Gasteiger partial charge in [-0.05, 0) is 50.9 Å². The van der Waals surface area contributed by atoms with Gasteiger partial charge < -0.3 is 10.2 Å². The van der Waals surface area contributed by atoms with E-state index in [1.807, 2.05) is 0 Å². The summed E-state index contributed by atoms with van der Waals surface area (Å²) in [6, 6.07) is 6.40. The zero-order valence-corrected chi connectivity index (χ0v) is 13.1. The molecule has 1 fully saturated rings. The highest BCUT2D eigenvalue weighted by Gasteiger charge is 2.16. The van der Waals surface area contributed by atoms with E-state index in [1.165, 1.54) is 44.3 Å². The smallest absolute Gasteiger partial charge is 0.0547 e. The van der Waals surface area contributed by atoms with Crippen LogP contribution in [0.4, 0.5) is 0 Å². The summed E-state index contributed by atoms with van der Waals surface area (Å²) < 4.78 is 0. The second-order valence-corrected chi connectivity index (χ2v) is 6.14. The van der Waals surface area contributed by atoms with Crippen LogP contribution in [-0.4, -0.2) is 30.0 Å². The standard InChI is InChI=1S/C17H29N3/c1-3-11-18-12-16-9-6-10-17(19-16)14-20(2)13-15-7-4-5-8-15/h6,9-10,15,18H,3-5,7-8,11-14H2,1-2H3. The quantitative estimate of drug-likeness (QED) is 0.738. The average Bonchev–Trinajstić information content (AvgIpc) is 2.92. The summed E-state index contributed by atoms with van der Waals surface area (Å²) in [6.07, 6.45) is 6.85. The van der Waals surface area contributed by atoms with Crippen LogP contribution in [0.5, 0.6) is 0 Å². The number of nitrogens with one attached hydrogen (secondary N) is 1. The molecule has 1 aliphatic carbocycles. The zero-order chi connectivity index (χ0) is 14.2. The van der Waals surface area contributed by atoms with Crippen LogP contribution in [0.25, 0.3) is 0 Å². The Morgan fingerprint density at radius 3 is 2.75 bits per heavy atom. The minimum Gasteiger partial charge on any atom is -0.311 e. The molecule has 1 N–H and O–H groups in total. The van der Waals surface area contributed by atoms with Crippen LogP contribution < -0.4 is 5.32 Å². The molecule has 3 nitrogen and oxygen atoms in total. The van der Waals surface area contributed by atoms with Crippen LogP contribution >= 0.6 is 0 Å². The minimum atomic E-state index is 0.883. The number of aromatic nitrogens is 1. The van der Waals surface area contributed by atoms with Crippen LogP contribution in [0, 0.1) is 5.92 Å². The summed E-state index contributed by atoms with van der Waals surface area (Å²) in [5.74, 6) is 0.911.